The van der Waals surface area contributed by atoms with Gasteiger partial charge in [-0.2, -0.15) is 0 Å². The van der Waals surface area contributed by atoms with Crippen molar-refractivity contribution in [1.29, 1.82) is 0 Å². The van der Waals surface area contributed by atoms with Gasteiger partial charge in [-0.3, -0.25) is 4.40 Å². The second-order valence-electron chi connectivity index (χ2n) is 3.84. The molecule has 0 radical (unpaired) electrons. The molecule has 16 heavy (non-hydrogen) atoms. The van der Waals surface area contributed by atoms with E-state index in [9.17, 15) is 0 Å². The van der Waals surface area contributed by atoms with E-state index < -0.39 is 0 Å². The second kappa shape index (κ2) is 4.89. The smallest absolute Gasteiger partial charge is 0.203 e. The number of nitrogens with zero attached hydrogens (tertiary/aromatic N) is 4. The Hall–Kier alpha value is -1.69. The third kappa shape index (κ3) is 2.27. The van der Waals surface area contributed by atoms with E-state index in [2.05, 4.69) is 27.4 Å². The van der Waals surface area contributed by atoms with E-state index in [0.717, 1.165) is 24.4 Å². The zero-order valence-electron chi connectivity index (χ0n) is 9.17. The van der Waals surface area contributed by atoms with Gasteiger partial charge in [0.15, 0.2) is 5.82 Å². The summed E-state index contributed by atoms with van der Waals surface area (Å²) in [6.07, 6.45) is 5.93. The molecule has 0 aromatic carbocycles. The Kier molecular flexibility index (Phi) is 3.31. The molecule has 6 heteroatoms. The summed E-state index contributed by atoms with van der Waals surface area (Å²) in [7, 11) is 0. The highest BCUT2D eigenvalue weighted by Gasteiger charge is 2.06. The summed E-state index contributed by atoms with van der Waals surface area (Å²) in [6, 6.07) is 0. The van der Waals surface area contributed by atoms with Crippen molar-refractivity contribution in [1.82, 2.24) is 19.6 Å². The first kappa shape index (κ1) is 10.8. The molecule has 0 spiro atoms. The van der Waals surface area contributed by atoms with Crippen molar-refractivity contribution in [2.45, 2.75) is 13.3 Å². The van der Waals surface area contributed by atoms with Gasteiger partial charge >= 0.3 is 0 Å². The van der Waals surface area contributed by atoms with Crippen molar-refractivity contribution in [3.8, 4) is 0 Å². The maximum absolute atomic E-state index is 8.80. The minimum Gasteiger partial charge on any atom is -0.396 e. The number of aliphatic hydroxyl groups excluding tert-OH is 1. The number of nitrogens with one attached hydrogen (secondary N) is 1. The summed E-state index contributed by atoms with van der Waals surface area (Å²) < 4.78 is 1.81. The average Bonchev–Trinajstić information content (AvgIpc) is 2.75. The van der Waals surface area contributed by atoms with Crippen LogP contribution in [0.15, 0.2) is 18.7 Å². The third-order valence-corrected chi connectivity index (χ3v) is 2.46. The molecule has 2 rings (SSSR count). The molecular weight excluding hydrogens is 206 g/mol. The number of aromatic nitrogens is 4. The average molecular weight is 221 g/mol. The molecule has 0 fully saturated rings. The van der Waals surface area contributed by atoms with Crippen LogP contribution < -0.4 is 5.32 Å². The van der Waals surface area contributed by atoms with Crippen LogP contribution in [0.25, 0.3) is 5.65 Å². The van der Waals surface area contributed by atoms with E-state index >= 15 is 0 Å². The topological polar surface area (TPSA) is 75.3 Å². The van der Waals surface area contributed by atoms with E-state index in [1.807, 2.05) is 4.40 Å². The number of aliphatic hydroxyl groups is 1. The molecule has 2 aromatic heterocycles. The lowest BCUT2D eigenvalue weighted by atomic mass is 10.1. The van der Waals surface area contributed by atoms with E-state index in [4.69, 9.17) is 5.11 Å². The molecule has 1 atom stereocenters. The molecule has 2 aromatic rings. The molecule has 0 aliphatic heterocycles. The maximum atomic E-state index is 8.80. The fourth-order valence-corrected chi connectivity index (χ4v) is 1.48. The Morgan fingerprint density at radius 2 is 2.44 bits per heavy atom. The van der Waals surface area contributed by atoms with Gasteiger partial charge < -0.3 is 10.4 Å². The number of hydrogen-bond donors (Lipinski definition) is 2. The van der Waals surface area contributed by atoms with Crippen LogP contribution >= 0.6 is 0 Å². The summed E-state index contributed by atoms with van der Waals surface area (Å²) in [5.41, 5.74) is 0.721. The molecule has 0 amide bonds. The molecule has 2 heterocycles. The van der Waals surface area contributed by atoms with Crippen molar-refractivity contribution in [2.24, 2.45) is 5.92 Å². The van der Waals surface area contributed by atoms with Gasteiger partial charge in [-0.1, -0.05) is 6.92 Å². The molecule has 1 unspecified atom stereocenters. The van der Waals surface area contributed by atoms with E-state index in [1.54, 1.807) is 18.7 Å². The maximum Gasteiger partial charge on any atom is 0.203 e. The van der Waals surface area contributed by atoms with Crippen LogP contribution in [0.2, 0.25) is 0 Å². The van der Waals surface area contributed by atoms with Crippen LogP contribution in [0.5, 0.6) is 0 Å². The molecule has 0 aliphatic carbocycles. The minimum atomic E-state index is 0.214. The summed E-state index contributed by atoms with van der Waals surface area (Å²) in [4.78, 5) is 4.21. The first-order valence-corrected chi connectivity index (χ1v) is 5.30. The minimum absolute atomic E-state index is 0.214. The Bertz CT molecular complexity index is 455. The fraction of sp³-hybridized carbons (Fsp3) is 0.500. The highest BCUT2D eigenvalue weighted by atomic mass is 16.3. The third-order valence-electron chi connectivity index (χ3n) is 2.46. The van der Waals surface area contributed by atoms with Gasteiger partial charge in [0.1, 0.15) is 6.33 Å². The van der Waals surface area contributed by atoms with Crippen molar-refractivity contribution in [2.75, 3.05) is 18.5 Å². The van der Waals surface area contributed by atoms with Gasteiger partial charge in [-0.15, -0.1) is 10.2 Å². The molecule has 0 saturated heterocycles. The quantitative estimate of drug-likeness (QED) is 0.771. The lowest BCUT2D eigenvalue weighted by Gasteiger charge is -2.11. The van der Waals surface area contributed by atoms with Crippen molar-refractivity contribution < 1.29 is 5.11 Å². The summed E-state index contributed by atoms with van der Waals surface area (Å²) in [5, 5.41) is 19.8. The van der Waals surface area contributed by atoms with E-state index in [-0.39, 0.29) is 6.61 Å². The van der Waals surface area contributed by atoms with Crippen LogP contribution in [0.4, 0.5) is 5.82 Å². The normalized spacial score (nSPS) is 12.9. The first-order chi connectivity index (χ1) is 7.81. The van der Waals surface area contributed by atoms with Gasteiger partial charge in [-0.05, 0) is 12.3 Å². The lowest BCUT2D eigenvalue weighted by molar-refractivity contribution is 0.266. The summed E-state index contributed by atoms with van der Waals surface area (Å²) in [6.45, 7) is 3.05. The molecule has 0 saturated carbocycles. The number of hydrogen-bond acceptors (Lipinski definition) is 5. The summed E-state index contributed by atoms with van der Waals surface area (Å²) in [5.74, 6) is 1.12. The first-order valence-electron chi connectivity index (χ1n) is 5.30. The Balaban J connectivity index is 2.06. The Morgan fingerprint density at radius 1 is 1.56 bits per heavy atom. The molecule has 2 N–H and O–H groups in total. The predicted molar refractivity (Wildman–Crippen MR) is 60.1 cm³/mol. The van der Waals surface area contributed by atoms with Crippen molar-refractivity contribution in [3.63, 3.8) is 0 Å². The van der Waals surface area contributed by atoms with Crippen LogP contribution in [-0.2, 0) is 0 Å². The molecule has 0 aliphatic rings. The Labute approximate surface area is 93.3 Å². The number of fused-ring (bicyclic) bond motifs is 1. The van der Waals surface area contributed by atoms with Crippen molar-refractivity contribution in [3.05, 3.63) is 18.7 Å². The van der Waals surface area contributed by atoms with Gasteiger partial charge in [-0.25, -0.2) is 4.98 Å². The second-order valence-corrected chi connectivity index (χ2v) is 3.84. The molecule has 86 valence electrons. The fourth-order valence-electron chi connectivity index (χ4n) is 1.48. The van der Waals surface area contributed by atoms with Crippen LogP contribution in [0, 0.1) is 5.92 Å². The Morgan fingerprint density at radius 3 is 3.25 bits per heavy atom. The van der Waals surface area contributed by atoms with Gasteiger partial charge in [0.25, 0.3) is 0 Å². The van der Waals surface area contributed by atoms with Crippen LogP contribution in [-0.4, -0.2) is 37.8 Å². The predicted octanol–water partition coefficient (Wildman–Crippen LogP) is 0.555. The van der Waals surface area contributed by atoms with Crippen molar-refractivity contribution >= 4 is 11.5 Å². The van der Waals surface area contributed by atoms with Gasteiger partial charge in [0, 0.05) is 25.5 Å². The van der Waals surface area contributed by atoms with Gasteiger partial charge in [0.2, 0.25) is 5.65 Å². The van der Waals surface area contributed by atoms with E-state index in [1.165, 1.54) is 0 Å². The monoisotopic (exact) mass is 221 g/mol. The van der Waals surface area contributed by atoms with Gasteiger partial charge in [0.05, 0.1) is 0 Å². The molecule has 0 bridgehead atoms. The number of anilines is 1. The molecular formula is C10H15N5O. The zero-order chi connectivity index (χ0) is 11.4. The summed E-state index contributed by atoms with van der Waals surface area (Å²) >= 11 is 0. The van der Waals surface area contributed by atoms with E-state index in [0.29, 0.717) is 5.92 Å². The largest absolute Gasteiger partial charge is 0.396 e. The lowest BCUT2D eigenvalue weighted by Crippen LogP contribution is -2.14. The standard InChI is InChI=1S/C10H15N5O/c1-8(2-5-16)6-12-9-10-14-13-7-15(10)4-3-11-9/h3-4,7-8,16H,2,5-6H2,1H3,(H,11,12). The van der Waals surface area contributed by atoms with Crippen LogP contribution in [0.3, 0.4) is 0 Å². The zero-order valence-corrected chi connectivity index (χ0v) is 9.17. The van der Waals surface area contributed by atoms with Crippen LogP contribution in [0.1, 0.15) is 13.3 Å². The highest BCUT2D eigenvalue weighted by molar-refractivity contribution is 5.61. The SMILES string of the molecule is CC(CCO)CNc1nccn2cnnc12. The number of rotatable bonds is 5. The molecule has 6 nitrogen and oxygen atoms in total. The highest BCUT2D eigenvalue weighted by Crippen LogP contribution is 2.11.